The van der Waals surface area contributed by atoms with Gasteiger partial charge in [-0.05, 0) is 44.9 Å². The Hall–Kier alpha value is -2.23. The third-order valence-electron chi connectivity index (χ3n) is 12.2. The summed E-state index contributed by atoms with van der Waals surface area (Å²) in [4.78, 5) is 37.3. The summed E-state index contributed by atoms with van der Waals surface area (Å²) in [5, 5.41) is 9.68. The molecule has 0 heterocycles. The van der Waals surface area contributed by atoms with E-state index in [0.29, 0.717) is 17.4 Å². The highest BCUT2D eigenvalue weighted by Gasteiger charge is 2.25. The monoisotopic (exact) mass is 921 g/mol. The number of carboxylic acid groups (broad SMARTS) is 1. The first kappa shape index (κ1) is 62.8. The second-order valence-corrected chi connectivity index (χ2v) is 19.9. The molecule has 0 aliphatic heterocycles. The molecule has 0 rings (SSSR count). The van der Waals surface area contributed by atoms with Gasteiger partial charge < -0.3 is 28.5 Å². The van der Waals surface area contributed by atoms with E-state index in [-0.39, 0.29) is 32.2 Å². The highest BCUT2D eigenvalue weighted by atomic mass is 16.7. The summed E-state index contributed by atoms with van der Waals surface area (Å²) in [5.74, 6) is -1.99. The fourth-order valence-electron chi connectivity index (χ4n) is 7.93. The van der Waals surface area contributed by atoms with E-state index < -0.39 is 24.3 Å². The molecule has 2 atom stereocenters. The maximum atomic E-state index is 12.8. The molecule has 9 nitrogen and oxygen atoms in total. The lowest BCUT2D eigenvalue weighted by Gasteiger charge is -2.25. The van der Waals surface area contributed by atoms with Crippen molar-refractivity contribution < 1.29 is 42.9 Å². The smallest absolute Gasteiger partial charge is 0.361 e. The summed E-state index contributed by atoms with van der Waals surface area (Å²) in [6.45, 7) is 4.89. The van der Waals surface area contributed by atoms with Crippen LogP contribution in [0.15, 0.2) is 24.3 Å². The van der Waals surface area contributed by atoms with Crippen LogP contribution in [0.1, 0.15) is 258 Å². The molecule has 1 N–H and O–H groups in total. The predicted octanol–water partition coefficient (Wildman–Crippen LogP) is 15.6. The predicted molar refractivity (Wildman–Crippen MR) is 272 cm³/mol. The maximum Gasteiger partial charge on any atom is 0.361 e. The van der Waals surface area contributed by atoms with Gasteiger partial charge in [0.25, 0.3) is 6.29 Å². The fraction of sp³-hybridized carbons (Fsp3) is 0.875. The maximum absolute atomic E-state index is 12.8. The second-order valence-electron chi connectivity index (χ2n) is 19.9. The van der Waals surface area contributed by atoms with Gasteiger partial charge in [0.1, 0.15) is 13.2 Å². The number of likely N-dealkylation sites (N-methyl/N-ethyl adjacent to an activating group) is 1. The van der Waals surface area contributed by atoms with Gasteiger partial charge in [0.2, 0.25) is 0 Å². The number of quaternary nitrogens is 1. The molecule has 0 aromatic heterocycles. The van der Waals surface area contributed by atoms with Gasteiger partial charge in [0.15, 0.2) is 6.10 Å². The molecule has 65 heavy (non-hydrogen) atoms. The number of esters is 2. The van der Waals surface area contributed by atoms with Gasteiger partial charge in [-0.1, -0.05) is 224 Å². The van der Waals surface area contributed by atoms with E-state index in [0.717, 1.165) is 51.4 Å². The molecular formula is C56H106NO8+. The van der Waals surface area contributed by atoms with Crippen molar-refractivity contribution in [2.45, 2.75) is 270 Å². The van der Waals surface area contributed by atoms with Crippen molar-refractivity contribution in [2.75, 3.05) is 47.5 Å². The number of aliphatic carboxylic acids is 1. The van der Waals surface area contributed by atoms with E-state index in [1.54, 1.807) is 0 Å². The van der Waals surface area contributed by atoms with Crippen LogP contribution in [0.2, 0.25) is 0 Å². The number of ether oxygens (including phenoxy) is 4. The zero-order valence-electron chi connectivity index (χ0n) is 43.4. The van der Waals surface area contributed by atoms with Crippen molar-refractivity contribution in [3.05, 3.63) is 24.3 Å². The third-order valence-corrected chi connectivity index (χ3v) is 12.2. The van der Waals surface area contributed by atoms with Gasteiger partial charge >= 0.3 is 17.9 Å². The number of carboxylic acids is 1. The van der Waals surface area contributed by atoms with Gasteiger partial charge in [-0.2, -0.15) is 0 Å². The van der Waals surface area contributed by atoms with Crippen molar-refractivity contribution in [3.63, 3.8) is 0 Å². The lowest BCUT2D eigenvalue weighted by molar-refractivity contribution is -0.870. The normalized spacial score (nSPS) is 12.9. The zero-order chi connectivity index (χ0) is 47.7. The number of nitrogens with zero attached hydrogens (tertiary/aromatic N) is 1. The number of carbonyl (C=O) groups excluding carboxylic acids is 2. The van der Waals surface area contributed by atoms with Gasteiger partial charge in [0.05, 0.1) is 34.4 Å². The van der Waals surface area contributed by atoms with Crippen LogP contribution in [0, 0.1) is 0 Å². The first-order valence-electron chi connectivity index (χ1n) is 27.5. The Labute approximate surface area is 401 Å². The molecule has 0 amide bonds. The van der Waals surface area contributed by atoms with Crippen LogP contribution in [-0.4, -0.2) is 87.4 Å². The molecule has 382 valence electrons. The Morgan fingerprint density at radius 1 is 0.462 bits per heavy atom. The molecule has 0 fully saturated rings. The van der Waals surface area contributed by atoms with Crippen LogP contribution in [-0.2, 0) is 33.3 Å². The van der Waals surface area contributed by atoms with Gasteiger partial charge in [-0.15, -0.1) is 0 Å². The van der Waals surface area contributed by atoms with E-state index in [4.69, 9.17) is 18.9 Å². The minimum absolute atomic E-state index is 0.179. The highest BCUT2D eigenvalue weighted by Crippen LogP contribution is 2.17. The molecule has 0 bridgehead atoms. The summed E-state index contributed by atoms with van der Waals surface area (Å²) in [6, 6.07) is 0. The lowest BCUT2D eigenvalue weighted by Crippen LogP contribution is -2.40. The van der Waals surface area contributed by atoms with Crippen molar-refractivity contribution in [2.24, 2.45) is 0 Å². The molecule has 2 unspecified atom stereocenters. The number of rotatable bonds is 51. The Kier molecular flexibility index (Phi) is 46.6. The third kappa shape index (κ3) is 49.5. The fourth-order valence-corrected chi connectivity index (χ4v) is 7.93. The lowest BCUT2D eigenvalue weighted by atomic mass is 10.0. The van der Waals surface area contributed by atoms with Crippen LogP contribution >= 0.6 is 0 Å². The van der Waals surface area contributed by atoms with Crippen molar-refractivity contribution in [3.8, 4) is 0 Å². The quantitative estimate of drug-likeness (QED) is 0.0211. The number of hydrogen-bond acceptors (Lipinski definition) is 7. The summed E-state index contributed by atoms with van der Waals surface area (Å²) in [6.07, 6.45) is 52.4. The van der Waals surface area contributed by atoms with Crippen LogP contribution in [0.5, 0.6) is 0 Å². The zero-order valence-corrected chi connectivity index (χ0v) is 43.4. The standard InChI is InChI=1S/C56H105NO8/c1-6-8-10-12-14-16-18-20-22-24-26-27-29-30-32-34-36-38-40-42-44-46-53(58)63-50-52(51-64-56(55(60)61)62-49-48-57(3,4)5)65-54(59)47-45-43-41-39-37-35-33-31-28-25-23-21-19-17-15-13-11-9-7-2/h15,17,21,23,52,56H,6-14,16,18-20,22,24-51H2,1-5H3/p+1/b17-15-,23-21-. The second kappa shape index (κ2) is 48.2. The summed E-state index contributed by atoms with van der Waals surface area (Å²) >= 11 is 0. The van der Waals surface area contributed by atoms with Crippen LogP contribution in [0.4, 0.5) is 0 Å². The van der Waals surface area contributed by atoms with Gasteiger partial charge in [-0.3, -0.25) is 9.59 Å². The molecular weight excluding hydrogens is 815 g/mol. The van der Waals surface area contributed by atoms with E-state index in [9.17, 15) is 19.5 Å². The van der Waals surface area contributed by atoms with E-state index in [1.807, 2.05) is 21.1 Å². The first-order chi connectivity index (χ1) is 31.6. The molecule has 0 aromatic rings. The Balaban J connectivity index is 4.26. The summed E-state index contributed by atoms with van der Waals surface area (Å²) < 4.78 is 22.9. The molecule has 0 saturated carbocycles. The SMILES string of the molecule is CCCCC/C=C\C/C=C\CCCCCCCCCCCC(=O)OC(COC(=O)CCCCCCCCCCCCCCCCCCCCCCC)COC(OCC[N+](C)(C)C)C(=O)O. The average Bonchev–Trinajstić information content (AvgIpc) is 3.27. The first-order valence-corrected chi connectivity index (χ1v) is 27.5. The molecule has 0 aromatic carbocycles. The molecule has 0 aliphatic carbocycles. The van der Waals surface area contributed by atoms with E-state index in [2.05, 4.69) is 38.2 Å². The Morgan fingerprint density at radius 3 is 1.25 bits per heavy atom. The molecule has 0 radical (unpaired) electrons. The van der Waals surface area contributed by atoms with Crippen LogP contribution in [0.3, 0.4) is 0 Å². The van der Waals surface area contributed by atoms with E-state index in [1.165, 1.54) is 180 Å². The number of carbonyl (C=O) groups is 3. The topological polar surface area (TPSA) is 108 Å². The van der Waals surface area contributed by atoms with Crippen molar-refractivity contribution >= 4 is 17.9 Å². The van der Waals surface area contributed by atoms with Crippen molar-refractivity contribution in [1.29, 1.82) is 0 Å². The van der Waals surface area contributed by atoms with Crippen molar-refractivity contribution in [1.82, 2.24) is 0 Å². The highest BCUT2D eigenvalue weighted by molar-refractivity contribution is 5.71. The van der Waals surface area contributed by atoms with Crippen LogP contribution in [0.25, 0.3) is 0 Å². The Bertz CT molecular complexity index is 1120. The number of allylic oxidation sites excluding steroid dienone is 4. The number of hydrogen-bond donors (Lipinski definition) is 1. The largest absolute Gasteiger partial charge is 0.477 e. The molecule has 9 heteroatoms. The van der Waals surface area contributed by atoms with Gasteiger partial charge in [0, 0.05) is 12.8 Å². The Morgan fingerprint density at radius 2 is 0.831 bits per heavy atom. The number of unbranched alkanes of at least 4 members (excludes halogenated alkanes) is 32. The van der Waals surface area contributed by atoms with Crippen LogP contribution < -0.4 is 0 Å². The minimum atomic E-state index is -1.51. The summed E-state index contributed by atoms with van der Waals surface area (Å²) in [5.41, 5.74) is 0. The molecule has 0 spiro atoms. The van der Waals surface area contributed by atoms with Gasteiger partial charge in [-0.25, -0.2) is 4.79 Å². The van der Waals surface area contributed by atoms with E-state index >= 15 is 0 Å². The average molecular weight is 921 g/mol. The molecule has 0 saturated heterocycles. The minimum Gasteiger partial charge on any atom is -0.477 e. The summed E-state index contributed by atoms with van der Waals surface area (Å²) in [7, 11) is 5.97. The molecule has 0 aliphatic rings.